The van der Waals surface area contributed by atoms with Gasteiger partial charge in [0.1, 0.15) is 0 Å². The Kier molecular flexibility index (Phi) is 6.58. The molecule has 25 heavy (non-hydrogen) atoms. The second-order valence-electron chi connectivity index (χ2n) is 5.32. The van der Waals surface area contributed by atoms with Crippen molar-refractivity contribution in [3.63, 3.8) is 0 Å². The van der Waals surface area contributed by atoms with Crippen molar-refractivity contribution in [1.82, 2.24) is 0 Å². The van der Waals surface area contributed by atoms with Crippen LogP contribution in [0.4, 0.5) is 5.69 Å². The topological polar surface area (TPSA) is 55.8 Å². The predicted octanol–water partition coefficient (Wildman–Crippen LogP) is 4.09. The van der Waals surface area contributed by atoms with E-state index >= 15 is 0 Å². The summed E-state index contributed by atoms with van der Waals surface area (Å²) in [6.07, 6.45) is -0.0275. The van der Waals surface area contributed by atoms with E-state index in [1.54, 1.807) is 24.0 Å². The number of rotatable bonds is 7. The summed E-state index contributed by atoms with van der Waals surface area (Å²) in [7, 11) is 1.50. The van der Waals surface area contributed by atoms with Crippen molar-refractivity contribution < 1.29 is 19.1 Å². The molecule has 2 aromatic carbocycles. The fourth-order valence-electron chi connectivity index (χ4n) is 2.43. The Balaban J connectivity index is 2.25. The smallest absolute Gasteiger partial charge is 0.267 e. The van der Waals surface area contributed by atoms with E-state index < -0.39 is 6.10 Å². The van der Waals surface area contributed by atoms with Crippen LogP contribution in [0.2, 0.25) is 0 Å². The number of likely N-dealkylation sites (N-methyl/N-ethyl adjacent to an activating group) is 1. The van der Waals surface area contributed by atoms with Crippen LogP contribution in [0.25, 0.3) is 0 Å². The molecule has 0 heterocycles. The first-order valence-electron chi connectivity index (χ1n) is 7.87. The number of benzene rings is 2. The number of hydrogen-bond donors (Lipinski definition) is 0. The highest BCUT2D eigenvalue weighted by Crippen LogP contribution is 2.33. The lowest BCUT2D eigenvalue weighted by Crippen LogP contribution is -2.40. The molecular formula is C19H20BrNO4. The maximum atomic E-state index is 12.8. The van der Waals surface area contributed by atoms with Crippen molar-refractivity contribution >= 4 is 33.8 Å². The highest BCUT2D eigenvalue weighted by molar-refractivity contribution is 9.10. The number of carbonyl (C=O) groups excluding carboxylic acids is 2. The monoisotopic (exact) mass is 405 g/mol. The molecule has 0 unspecified atom stereocenters. The molecule has 0 aliphatic carbocycles. The summed E-state index contributed by atoms with van der Waals surface area (Å²) in [5.74, 6) is 0.615. The van der Waals surface area contributed by atoms with E-state index in [9.17, 15) is 9.59 Å². The molecule has 2 aromatic rings. The molecule has 0 aromatic heterocycles. The van der Waals surface area contributed by atoms with Gasteiger partial charge < -0.3 is 14.4 Å². The molecule has 0 radical (unpaired) electrons. The third kappa shape index (κ3) is 4.39. The van der Waals surface area contributed by atoms with Gasteiger partial charge in [0.05, 0.1) is 7.11 Å². The van der Waals surface area contributed by atoms with E-state index in [2.05, 4.69) is 15.9 Å². The van der Waals surface area contributed by atoms with Crippen molar-refractivity contribution in [2.75, 3.05) is 18.6 Å². The number of aldehydes is 1. The maximum absolute atomic E-state index is 12.8. The maximum Gasteiger partial charge on any atom is 0.267 e. The number of halogens is 1. The first kappa shape index (κ1) is 19.0. The second-order valence-corrected chi connectivity index (χ2v) is 6.17. The molecule has 0 aliphatic rings. The quantitative estimate of drug-likeness (QED) is 0.650. The van der Waals surface area contributed by atoms with Crippen molar-refractivity contribution in [1.29, 1.82) is 0 Å². The Morgan fingerprint density at radius 3 is 2.48 bits per heavy atom. The molecule has 0 saturated heterocycles. The molecule has 0 spiro atoms. The van der Waals surface area contributed by atoms with Gasteiger partial charge in [0.2, 0.25) is 0 Å². The van der Waals surface area contributed by atoms with E-state index in [0.29, 0.717) is 34.4 Å². The number of amides is 1. The Morgan fingerprint density at radius 2 is 1.92 bits per heavy atom. The molecule has 1 amide bonds. The lowest BCUT2D eigenvalue weighted by atomic mass is 10.2. The average molecular weight is 406 g/mol. The largest absolute Gasteiger partial charge is 0.493 e. The summed E-state index contributed by atoms with van der Waals surface area (Å²) in [6.45, 7) is 4.10. The summed E-state index contributed by atoms with van der Waals surface area (Å²) in [4.78, 5) is 25.6. The lowest BCUT2D eigenvalue weighted by Gasteiger charge is -2.25. The molecule has 0 aliphatic heterocycles. The van der Waals surface area contributed by atoms with Gasteiger partial charge in [-0.2, -0.15) is 0 Å². The van der Waals surface area contributed by atoms with Gasteiger partial charge in [-0.05, 0) is 54.0 Å². The Morgan fingerprint density at radius 1 is 1.24 bits per heavy atom. The number of hydrogen-bond acceptors (Lipinski definition) is 4. The standard InChI is InChI=1S/C19H20BrNO4/c1-4-21(15-8-6-5-7-9-15)19(23)13(2)25-18-10-14(12-22)16(20)11-17(18)24-3/h5-13H,4H2,1-3H3/t13-/m1/s1. The van der Waals surface area contributed by atoms with Crippen LogP contribution in [0.1, 0.15) is 24.2 Å². The lowest BCUT2D eigenvalue weighted by molar-refractivity contribution is -0.124. The van der Waals surface area contributed by atoms with Gasteiger partial charge in [-0.3, -0.25) is 9.59 Å². The molecule has 0 N–H and O–H groups in total. The minimum absolute atomic E-state index is 0.175. The van der Waals surface area contributed by atoms with Crippen molar-refractivity contribution in [2.45, 2.75) is 20.0 Å². The van der Waals surface area contributed by atoms with Gasteiger partial charge >= 0.3 is 0 Å². The number of nitrogens with zero attached hydrogens (tertiary/aromatic N) is 1. The zero-order valence-electron chi connectivity index (χ0n) is 14.4. The third-order valence-electron chi connectivity index (χ3n) is 3.71. The van der Waals surface area contributed by atoms with Gasteiger partial charge in [0, 0.05) is 22.3 Å². The molecule has 1 atom stereocenters. The highest BCUT2D eigenvalue weighted by atomic mass is 79.9. The summed E-state index contributed by atoms with van der Waals surface area (Å²) in [5.41, 5.74) is 1.23. The average Bonchev–Trinajstić information content (AvgIpc) is 2.64. The normalized spacial score (nSPS) is 11.5. The summed E-state index contributed by atoms with van der Waals surface area (Å²) < 4.78 is 11.7. The highest BCUT2D eigenvalue weighted by Gasteiger charge is 2.24. The van der Waals surface area contributed by atoms with Crippen LogP contribution in [0.3, 0.4) is 0 Å². The van der Waals surface area contributed by atoms with Gasteiger partial charge in [-0.1, -0.05) is 18.2 Å². The molecule has 0 fully saturated rings. The predicted molar refractivity (Wildman–Crippen MR) is 101 cm³/mol. The fourth-order valence-corrected chi connectivity index (χ4v) is 2.84. The number of ether oxygens (including phenoxy) is 2. The Labute approximate surface area is 155 Å². The Hall–Kier alpha value is -2.34. The van der Waals surface area contributed by atoms with E-state index in [0.717, 1.165) is 5.69 Å². The number of anilines is 1. The van der Waals surface area contributed by atoms with Crippen LogP contribution < -0.4 is 14.4 Å². The zero-order chi connectivity index (χ0) is 18.4. The molecule has 5 nitrogen and oxygen atoms in total. The first-order valence-corrected chi connectivity index (χ1v) is 8.66. The molecule has 2 rings (SSSR count). The Bertz CT molecular complexity index is 749. The zero-order valence-corrected chi connectivity index (χ0v) is 15.9. The minimum Gasteiger partial charge on any atom is -0.493 e. The SMILES string of the molecule is CCN(C(=O)[C@@H](C)Oc1cc(C=O)c(Br)cc1OC)c1ccccc1. The number of methoxy groups -OCH3 is 1. The molecule has 0 bridgehead atoms. The molecular weight excluding hydrogens is 386 g/mol. The van der Waals surface area contributed by atoms with Crippen molar-refractivity contribution in [2.24, 2.45) is 0 Å². The van der Waals surface area contributed by atoms with E-state index in [1.165, 1.54) is 7.11 Å². The van der Waals surface area contributed by atoms with Gasteiger partial charge in [0.25, 0.3) is 5.91 Å². The minimum atomic E-state index is -0.741. The summed E-state index contributed by atoms with van der Waals surface area (Å²) in [6, 6.07) is 12.6. The van der Waals surface area contributed by atoms with E-state index in [1.807, 2.05) is 37.3 Å². The van der Waals surface area contributed by atoms with Gasteiger partial charge in [-0.15, -0.1) is 0 Å². The number of carbonyl (C=O) groups is 2. The van der Waals surface area contributed by atoms with Gasteiger partial charge in [0.15, 0.2) is 23.9 Å². The van der Waals surface area contributed by atoms with Crippen LogP contribution in [0, 0.1) is 0 Å². The van der Waals surface area contributed by atoms with Crippen LogP contribution >= 0.6 is 15.9 Å². The third-order valence-corrected chi connectivity index (χ3v) is 4.40. The molecule has 0 saturated carbocycles. The van der Waals surface area contributed by atoms with Crippen LogP contribution in [-0.4, -0.2) is 32.0 Å². The van der Waals surface area contributed by atoms with Crippen molar-refractivity contribution in [3.05, 3.63) is 52.5 Å². The van der Waals surface area contributed by atoms with Gasteiger partial charge in [-0.25, -0.2) is 0 Å². The van der Waals surface area contributed by atoms with Crippen LogP contribution in [0.15, 0.2) is 46.9 Å². The van der Waals surface area contributed by atoms with Crippen molar-refractivity contribution in [3.8, 4) is 11.5 Å². The number of para-hydroxylation sites is 1. The molecule has 6 heteroatoms. The van der Waals surface area contributed by atoms with Crippen LogP contribution in [-0.2, 0) is 4.79 Å². The van der Waals surface area contributed by atoms with Crippen LogP contribution in [0.5, 0.6) is 11.5 Å². The van der Waals surface area contributed by atoms with E-state index in [-0.39, 0.29) is 5.91 Å². The second kappa shape index (κ2) is 8.67. The van der Waals surface area contributed by atoms with E-state index in [4.69, 9.17) is 9.47 Å². The molecule has 132 valence electrons. The first-order chi connectivity index (χ1) is 12.0. The summed E-state index contributed by atoms with van der Waals surface area (Å²) >= 11 is 3.30. The fraction of sp³-hybridized carbons (Fsp3) is 0.263. The summed E-state index contributed by atoms with van der Waals surface area (Å²) in [5, 5.41) is 0.